The van der Waals surface area contributed by atoms with Crippen LogP contribution in [0.15, 0.2) is 18.2 Å². The summed E-state index contributed by atoms with van der Waals surface area (Å²) in [6.45, 7) is 3.40. The van der Waals surface area contributed by atoms with Crippen LogP contribution in [-0.2, 0) is 4.79 Å². The largest absolute Gasteiger partial charge is 0.496 e. The zero-order valence-corrected chi connectivity index (χ0v) is 14.7. The molecule has 1 aliphatic heterocycles. The monoisotopic (exact) mass is 329 g/mol. The minimum atomic E-state index is 0.0328. The van der Waals surface area contributed by atoms with Crippen molar-refractivity contribution in [2.24, 2.45) is 11.8 Å². The highest BCUT2D eigenvalue weighted by Crippen LogP contribution is 2.30. The van der Waals surface area contributed by atoms with E-state index < -0.39 is 0 Å². The third kappa shape index (κ3) is 3.47. The summed E-state index contributed by atoms with van der Waals surface area (Å²) in [5, 5.41) is 0. The highest BCUT2D eigenvalue weighted by Gasteiger charge is 2.32. The second-order valence-corrected chi connectivity index (χ2v) is 7.13. The van der Waals surface area contributed by atoms with Gasteiger partial charge in [-0.05, 0) is 56.4 Å². The molecule has 130 valence electrons. The van der Waals surface area contributed by atoms with E-state index in [1.807, 2.05) is 30.0 Å². The molecule has 4 nitrogen and oxygen atoms in total. The average Bonchev–Trinajstić information content (AvgIpc) is 3.15. The van der Waals surface area contributed by atoms with E-state index in [2.05, 4.69) is 0 Å². The Balaban J connectivity index is 1.58. The van der Waals surface area contributed by atoms with E-state index in [1.165, 1.54) is 12.8 Å². The van der Waals surface area contributed by atoms with Gasteiger partial charge in [0.1, 0.15) is 5.75 Å². The number of nitrogens with zero attached hydrogens (tertiary/aromatic N) is 1. The quantitative estimate of drug-likeness (QED) is 0.793. The number of rotatable bonds is 4. The molecule has 1 aliphatic carbocycles. The van der Waals surface area contributed by atoms with Crippen molar-refractivity contribution in [2.45, 2.75) is 45.4 Å². The van der Waals surface area contributed by atoms with Crippen LogP contribution >= 0.6 is 0 Å². The predicted octanol–water partition coefficient (Wildman–Crippen LogP) is 3.62. The topological polar surface area (TPSA) is 46.6 Å². The number of carbonyl (C=O) groups excluding carboxylic acids is 2. The van der Waals surface area contributed by atoms with Crippen LogP contribution in [-0.4, -0.2) is 36.8 Å². The van der Waals surface area contributed by atoms with E-state index in [1.54, 1.807) is 7.11 Å². The summed E-state index contributed by atoms with van der Waals surface area (Å²) in [6, 6.07) is 5.63. The number of methoxy groups -OCH3 is 1. The summed E-state index contributed by atoms with van der Waals surface area (Å²) in [5.74, 6) is 1.60. The smallest absolute Gasteiger partial charge is 0.225 e. The molecule has 1 aromatic carbocycles. The van der Waals surface area contributed by atoms with E-state index in [9.17, 15) is 9.59 Å². The maximum atomic E-state index is 12.7. The predicted molar refractivity (Wildman–Crippen MR) is 93.3 cm³/mol. The van der Waals surface area contributed by atoms with Crippen molar-refractivity contribution in [3.05, 3.63) is 29.3 Å². The maximum absolute atomic E-state index is 12.7. The van der Waals surface area contributed by atoms with Crippen molar-refractivity contribution in [3.63, 3.8) is 0 Å². The Morgan fingerprint density at radius 1 is 1.04 bits per heavy atom. The molecule has 1 heterocycles. The second kappa shape index (κ2) is 7.37. The van der Waals surface area contributed by atoms with Gasteiger partial charge in [-0.1, -0.05) is 12.8 Å². The Morgan fingerprint density at radius 2 is 1.71 bits per heavy atom. The number of likely N-dealkylation sites (tertiary alicyclic amines) is 1. The van der Waals surface area contributed by atoms with Crippen molar-refractivity contribution in [1.82, 2.24) is 4.90 Å². The normalized spacial score (nSPS) is 19.5. The minimum Gasteiger partial charge on any atom is -0.496 e. The van der Waals surface area contributed by atoms with Gasteiger partial charge in [0, 0.05) is 30.5 Å². The zero-order valence-electron chi connectivity index (χ0n) is 14.7. The van der Waals surface area contributed by atoms with Crippen LogP contribution in [0.1, 0.15) is 54.4 Å². The lowest BCUT2D eigenvalue weighted by atomic mass is 9.88. The van der Waals surface area contributed by atoms with E-state index in [0.717, 1.165) is 55.6 Å². The lowest BCUT2D eigenvalue weighted by Crippen LogP contribution is -2.42. The number of piperidine rings is 1. The molecular weight excluding hydrogens is 302 g/mol. The van der Waals surface area contributed by atoms with Gasteiger partial charge >= 0.3 is 0 Å². The number of carbonyl (C=O) groups is 2. The molecular formula is C20H27NO3. The molecule has 0 aromatic heterocycles. The molecule has 0 bridgehead atoms. The maximum Gasteiger partial charge on any atom is 0.225 e. The third-order valence-electron chi connectivity index (χ3n) is 5.56. The number of ketones is 1. The molecule has 0 unspecified atom stereocenters. The van der Waals surface area contributed by atoms with E-state index in [4.69, 9.17) is 4.74 Å². The molecule has 0 N–H and O–H groups in total. The average molecular weight is 329 g/mol. The van der Waals surface area contributed by atoms with Gasteiger partial charge in [-0.2, -0.15) is 0 Å². The number of hydrogen-bond donors (Lipinski definition) is 0. The first-order valence-electron chi connectivity index (χ1n) is 9.08. The first-order valence-corrected chi connectivity index (χ1v) is 9.08. The van der Waals surface area contributed by atoms with Crippen LogP contribution in [0.4, 0.5) is 0 Å². The van der Waals surface area contributed by atoms with Gasteiger partial charge in [-0.25, -0.2) is 0 Å². The number of aryl methyl sites for hydroxylation is 1. The van der Waals surface area contributed by atoms with Gasteiger partial charge in [0.25, 0.3) is 0 Å². The molecule has 1 amide bonds. The summed E-state index contributed by atoms with van der Waals surface area (Å²) in [7, 11) is 1.64. The van der Waals surface area contributed by atoms with Gasteiger partial charge in [-0.3, -0.25) is 9.59 Å². The van der Waals surface area contributed by atoms with Gasteiger partial charge < -0.3 is 9.64 Å². The van der Waals surface area contributed by atoms with Crippen LogP contribution in [0.5, 0.6) is 5.75 Å². The van der Waals surface area contributed by atoms with E-state index in [-0.39, 0.29) is 17.6 Å². The summed E-state index contributed by atoms with van der Waals surface area (Å²) >= 11 is 0. The lowest BCUT2D eigenvalue weighted by molar-refractivity contribution is -0.136. The molecule has 2 aliphatic rings. The van der Waals surface area contributed by atoms with Crippen molar-refractivity contribution < 1.29 is 14.3 Å². The van der Waals surface area contributed by atoms with Crippen molar-refractivity contribution in [2.75, 3.05) is 20.2 Å². The number of Topliss-reactive ketones (excluding diaryl/α,β-unsaturated/α-hetero) is 1. The third-order valence-corrected chi connectivity index (χ3v) is 5.56. The molecule has 0 atom stereocenters. The molecule has 1 saturated carbocycles. The van der Waals surface area contributed by atoms with Gasteiger partial charge in [0.15, 0.2) is 5.78 Å². The Labute approximate surface area is 144 Å². The Hall–Kier alpha value is -1.84. The molecule has 1 aromatic rings. The van der Waals surface area contributed by atoms with Gasteiger partial charge in [0.2, 0.25) is 5.91 Å². The molecule has 3 rings (SSSR count). The van der Waals surface area contributed by atoms with Gasteiger partial charge in [-0.15, -0.1) is 0 Å². The summed E-state index contributed by atoms with van der Waals surface area (Å²) in [5.41, 5.74) is 1.74. The second-order valence-electron chi connectivity index (χ2n) is 7.13. The number of ether oxygens (including phenoxy) is 1. The molecule has 4 heteroatoms. The molecule has 1 saturated heterocycles. The minimum absolute atomic E-state index is 0.0328. The van der Waals surface area contributed by atoms with Gasteiger partial charge in [0.05, 0.1) is 7.11 Å². The van der Waals surface area contributed by atoms with Crippen molar-refractivity contribution in [1.29, 1.82) is 0 Å². The highest BCUT2D eigenvalue weighted by atomic mass is 16.5. The van der Waals surface area contributed by atoms with Crippen LogP contribution in [0.2, 0.25) is 0 Å². The molecule has 24 heavy (non-hydrogen) atoms. The van der Waals surface area contributed by atoms with E-state index in [0.29, 0.717) is 5.91 Å². The first-order chi connectivity index (χ1) is 11.6. The van der Waals surface area contributed by atoms with Crippen LogP contribution < -0.4 is 4.74 Å². The van der Waals surface area contributed by atoms with Crippen LogP contribution in [0.25, 0.3) is 0 Å². The lowest BCUT2D eigenvalue weighted by Gasteiger charge is -2.33. The molecule has 0 radical (unpaired) electrons. The van der Waals surface area contributed by atoms with Crippen LogP contribution in [0, 0.1) is 18.8 Å². The fraction of sp³-hybridized carbons (Fsp3) is 0.600. The van der Waals surface area contributed by atoms with Crippen LogP contribution in [0.3, 0.4) is 0 Å². The highest BCUT2D eigenvalue weighted by molar-refractivity contribution is 5.98. The van der Waals surface area contributed by atoms with Crippen molar-refractivity contribution in [3.8, 4) is 5.75 Å². The SMILES string of the molecule is COc1ccc(C(=O)C2CCN(C(=O)C3CCCC3)CC2)cc1C. The zero-order chi connectivity index (χ0) is 17.1. The van der Waals surface area contributed by atoms with E-state index >= 15 is 0 Å². The van der Waals surface area contributed by atoms with Crippen molar-refractivity contribution >= 4 is 11.7 Å². The fourth-order valence-electron chi connectivity index (χ4n) is 4.06. The fourth-order valence-corrected chi connectivity index (χ4v) is 4.06. The number of benzene rings is 1. The molecule has 0 spiro atoms. The Morgan fingerprint density at radius 3 is 2.29 bits per heavy atom. The number of amides is 1. The standard InChI is InChI=1S/C20H27NO3/c1-14-13-17(7-8-18(14)24-2)19(22)15-9-11-21(12-10-15)20(23)16-5-3-4-6-16/h7-8,13,15-16H,3-6,9-12H2,1-2H3. The summed E-state index contributed by atoms with van der Waals surface area (Å²) in [4.78, 5) is 27.2. The number of hydrogen-bond acceptors (Lipinski definition) is 3. The Kier molecular flexibility index (Phi) is 5.22. The molecule has 2 fully saturated rings. The first kappa shape index (κ1) is 17.0. The Bertz CT molecular complexity index is 611. The summed E-state index contributed by atoms with van der Waals surface area (Å²) < 4.78 is 5.26. The summed E-state index contributed by atoms with van der Waals surface area (Å²) in [6.07, 6.45) is 6.01.